The van der Waals surface area contributed by atoms with Crippen molar-refractivity contribution in [3.05, 3.63) is 29.8 Å². The molecular weight excluding hydrogens is 216 g/mol. The molecule has 0 saturated heterocycles. The second-order valence-electron chi connectivity index (χ2n) is 4.51. The van der Waals surface area contributed by atoms with E-state index >= 15 is 0 Å². The Hall–Kier alpha value is -1.69. The lowest BCUT2D eigenvalue weighted by atomic mass is 10.1. The summed E-state index contributed by atoms with van der Waals surface area (Å²) in [7, 11) is 1.83. The van der Waals surface area contributed by atoms with E-state index in [-0.39, 0.29) is 6.04 Å². The lowest BCUT2D eigenvalue weighted by Gasteiger charge is -2.06. The number of nitrogens with two attached hydrogens (primary N) is 1. The quantitative estimate of drug-likeness (QED) is 0.850. The topological polar surface area (TPSA) is 74.5 Å². The van der Waals surface area contributed by atoms with Crippen molar-refractivity contribution in [2.24, 2.45) is 12.8 Å². The molecule has 0 amide bonds. The van der Waals surface area contributed by atoms with Crippen molar-refractivity contribution in [1.82, 2.24) is 24.8 Å². The Morgan fingerprint density at radius 1 is 1.41 bits per heavy atom. The fraction of sp³-hybridized carbons (Fsp3) is 0.545. The third kappa shape index (κ3) is 2.71. The van der Waals surface area contributed by atoms with Crippen molar-refractivity contribution < 1.29 is 0 Å². The Bertz CT molecular complexity index is 484. The van der Waals surface area contributed by atoms with Gasteiger partial charge in [-0.05, 0) is 19.9 Å². The molecule has 2 heterocycles. The van der Waals surface area contributed by atoms with Crippen LogP contribution in [0.2, 0.25) is 0 Å². The summed E-state index contributed by atoms with van der Waals surface area (Å²) in [6.45, 7) is 4.19. The molecule has 0 aliphatic carbocycles. The lowest BCUT2D eigenvalue weighted by Crippen LogP contribution is -2.14. The average molecular weight is 234 g/mol. The minimum atomic E-state index is -0.154. The van der Waals surface area contributed by atoms with E-state index in [1.54, 1.807) is 4.68 Å². The monoisotopic (exact) mass is 234 g/mol. The summed E-state index contributed by atoms with van der Waals surface area (Å²) in [5, 5.41) is 12.3. The van der Waals surface area contributed by atoms with Crippen LogP contribution in [0.3, 0.4) is 0 Å². The van der Waals surface area contributed by atoms with Gasteiger partial charge in [0.2, 0.25) is 0 Å². The maximum Gasteiger partial charge on any atom is 0.0997 e. The van der Waals surface area contributed by atoms with E-state index in [1.165, 1.54) is 0 Å². The predicted octanol–water partition coefficient (Wildman–Crippen LogP) is 0.835. The maximum atomic E-state index is 6.06. The van der Waals surface area contributed by atoms with Gasteiger partial charge in [0.15, 0.2) is 0 Å². The number of aryl methyl sites for hydroxylation is 1. The molecule has 6 nitrogen and oxygen atoms in total. The van der Waals surface area contributed by atoms with Crippen molar-refractivity contribution in [2.75, 3.05) is 0 Å². The Morgan fingerprint density at radius 2 is 2.18 bits per heavy atom. The predicted molar refractivity (Wildman–Crippen MR) is 64.2 cm³/mol. The van der Waals surface area contributed by atoms with Gasteiger partial charge in [0.25, 0.3) is 0 Å². The second-order valence-corrected chi connectivity index (χ2v) is 4.51. The smallest absolute Gasteiger partial charge is 0.0997 e. The second kappa shape index (κ2) is 4.67. The van der Waals surface area contributed by atoms with E-state index in [2.05, 4.69) is 29.3 Å². The van der Waals surface area contributed by atoms with Crippen LogP contribution >= 0.6 is 0 Å². The highest BCUT2D eigenvalue weighted by Crippen LogP contribution is 2.13. The molecule has 2 N–H and O–H groups in total. The van der Waals surface area contributed by atoms with E-state index in [9.17, 15) is 0 Å². The molecule has 0 aliphatic rings. The van der Waals surface area contributed by atoms with Crippen molar-refractivity contribution in [1.29, 1.82) is 0 Å². The van der Waals surface area contributed by atoms with E-state index in [1.807, 2.05) is 30.2 Å². The lowest BCUT2D eigenvalue weighted by molar-refractivity contribution is 0.522. The van der Waals surface area contributed by atoms with Gasteiger partial charge in [0.1, 0.15) is 0 Å². The molecule has 2 rings (SSSR count). The van der Waals surface area contributed by atoms with Crippen LogP contribution in [0.5, 0.6) is 0 Å². The van der Waals surface area contributed by atoms with E-state index in [4.69, 9.17) is 5.73 Å². The Morgan fingerprint density at radius 3 is 2.71 bits per heavy atom. The Kier molecular flexibility index (Phi) is 3.23. The van der Waals surface area contributed by atoms with Crippen LogP contribution in [-0.2, 0) is 13.5 Å². The molecule has 92 valence electrons. The first kappa shape index (κ1) is 11.8. The van der Waals surface area contributed by atoms with Gasteiger partial charge < -0.3 is 5.73 Å². The summed E-state index contributed by atoms with van der Waals surface area (Å²) >= 11 is 0. The van der Waals surface area contributed by atoms with E-state index in [0.717, 1.165) is 11.4 Å². The zero-order valence-electron chi connectivity index (χ0n) is 10.4. The van der Waals surface area contributed by atoms with Crippen molar-refractivity contribution in [2.45, 2.75) is 32.4 Å². The largest absolute Gasteiger partial charge is 0.322 e. The first-order valence-electron chi connectivity index (χ1n) is 5.72. The van der Waals surface area contributed by atoms with Crippen LogP contribution in [0.25, 0.3) is 0 Å². The van der Waals surface area contributed by atoms with Gasteiger partial charge in [-0.15, -0.1) is 5.10 Å². The van der Waals surface area contributed by atoms with Crippen LogP contribution in [-0.4, -0.2) is 24.8 Å². The molecule has 1 unspecified atom stereocenters. The third-order valence-corrected chi connectivity index (χ3v) is 2.62. The van der Waals surface area contributed by atoms with Gasteiger partial charge >= 0.3 is 0 Å². The third-order valence-electron chi connectivity index (χ3n) is 2.62. The highest BCUT2D eigenvalue weighted by atomic mass is 15.4. The number of rotatable bonds is 4. The van der Waals surface area contributed by atoms with Crippen LogP contribution < -0.4 is 5.73 Å². The van der Waals surface area contributed by atoms with Crippen molar-refractivity contribution >= 4 is 0 Å². The molecule has 17 heavy (non-hydrogen) atoms. The van der Waals surface area contributed by atoms with Gasteiger partial charge in [-0.1, -0.05) is 5.21 Å². The molecule has 0 bridgehead atoms. The molecule has 0 radical (unpaired) electrons. The molecular formula is C11H18N6. The van der Waals surface area contributed by atoms with E-state index in [0.29, 0.717) is 12.5 Å². The summed E-state index contributed by atoms with van der Waals surface area (Å²) in [5.74, 6) is 0. The number of hydrogen-bond acceptors (Lipinski definition) is 4. The average Bonchev–Trinajstić information content (AvgIpc) is 2.86. The molecule has 2 aromatic heterocycles. The van der Waals surface area contributed by atoms with Gasteiger partial charge in [-0.3, -0.25) is 9.36 Å². The normalized spacial score (nSPS) is 13.2. The Balaban J connectivity index is 2.05. The van der Waals surface area contributed by atoms with Crippen LogP contribution in [0.1, 0.15) is 37.3 Å². The minimum Gasteiger partial charge on any atom is -0.322 e. The highest BCUT2D eigenvalue weighted by Gasteiger charge is 2.12. The molecule has 0 fully saturated rings. The molecule has 0 saturated carbocycles. The standard InChI is InChI=1S/C11H18N6/c1-8(2)17-5-4-9(14-17)6-10(12)11-7-16(3)15-13-11/h4-5,7-8,10H,6,12H2,1-3H3. The summed E-state index contributed by atoms with van der Waals surface area (Å²) in [5.41, 5.74) is 7.84. The first-order chi connectivity index (χ1) is 8.06. The van der Waals surface area contributed by atoms with Crippen LogP contribution in [0.15, 0.2) is 18.5 Å². The molecule has 2 aromatic rings. The molecule has 6 heteroatoms. The number of aromatic nitrogens is 5. The van der Waals surface area contributed by atoms with Gasteiger partial charge in [0.05, 0.1) is 17.4 Å². The summed E-state index contributed by atoms with van der Waals surface area (Å²) in [4.78, 5) is 0. The van der Waals surface area contributed by atoms with Crippen molar-refractivity contribution in [3.63, 3.8) is 0 Å². The summed E-state index contributed by atoms with van der Waals surface area (Å²) < 4.78 is 3.58. The zero-order chi connectivity index (χ0) is 12.4. The van der Waals surface area contributed by atoms with E-state index < -0.39 is 0 Å². The molecule has 1 atom stereocenters. The highest BCUT2D eigenvalue weighted by molar-refractivity contribution is 5.08. The minimum absolute atomic E-state index is 0.154. The first-order valence-corrected chi connectivity index (χ1v) is 5.72. The number of hydrogen-bond donors (Lipinski definition) is 1. The number of nitrogens with zero attached hydrogens (tertiary/aromatic N) is 5. The van der Waals surface area contributed by atoms with Crippen LogP contribution in [0.4, 0.5) is 0 Å². The van der Waals surface area contributed by atoms with Gasteiger partial charge in [0, 0.05) is 31.9 Å². The summed E-state index contributed by atoms with van der Waals surface area (Å²) in [6.07, 6.45) is 4.49. The zero-order valence-corrected chi connectivity index (χ0v) is 10.4. The molecule has 0 spiro atoms. The van der Waals surface area contributed by atoms with Crippen molar-refractivity contribution in [3.8, 4) is 0 Å². The summed E-state index contributed by atoms with van der Waals surface area (Å²) in [6, 6.07) is 2.21. The van der Waals surface area contributed by atoms with Crippen LogP contribution in [0, 0.1) is 0 Å². The fourth-order valence-corrected chi connectivity index (χ4v) is 1.64. The Labute approximate surface area is 100 Å². The molecule has 0 aliphatic heterocycles. The fourth-order valence-electron chi connectivity index (χ4n) is 1.64. The van der Waals surface area contributed by atoms with Gasteiger partial charge in [-0.2, -0.15) is 5.10 Å². The molecule has 0 aromatic carbocycles. The maximum absolute atomic E-state index is 6.06. The van der Waals surface area contributed by atoms with Gasteiger partial charge in [-0.25, -0.2) is 0 Å². The SMILES string of the molecule is CC(C)n1ccc(CC(N)c2cn(C)nn2)n1.